The molecule has 0 N–H and O–H groups in total. The molecule has 0 fully saturated rings. The quantitative estimate of drug-likeness (QED) is 0.721. The molecule has 0 radical (unpaired) electrons. The van der Waals surface area contributed by atoms with Gasteiger partial charge in [0.2, 0.25) is 0 Å². The second-order valence-electron chi connectivity index (χ2n) is 3.59. The third kappa shape index (κ3) is 1.79. The van der Waals surface area contributed by atoms with Crippen LogP contribution < -0.4 is 4.90 Å². The molecule has 0 atom stereocenters. The number of pyridine rings is 1. The van der Waals surface area contributed by atoms with Crippen molar-refractivity contribution < 1.29 is 0 Å². The maximum Gasteiger partial charge on any atom is 0.0723 e. The Morgan fingerprint density at radius 3 is 2.60 bits per heavy atom. The molecule has 0 aliphatic rings. The van der Waals surface area contributed by atoms with E-state index >= 15 is 0 Å². The normalized spacial score (nSPS) is 10.6. The van der Waals surface area contributed by atoms with Crippen LogP contribution in [0.5, 0.6) is 0 Å². The van der Waals surface area contributed by atoms with Crippen molar-refractivity contribution in [2.75, 3.05) is 25.3 Å². The average molecular weight is 218 g/mol. The van der Waals surface area contributed by atoms with Crippen LogP contribution in [0.1, 0.15) is 0 Å². The molecule has 1 heterocycles. The lowest BCUT2D eigenvalue weighted by Crippen LogP contribution is -2.10. The molecule has 0 amide bonds. The highest BCUT2D eigenvalue weighted by Crippen LogP contribution is 2.33. The van der Waals surface area contributed by atoms with Crippen molar-refractivity contribution in [2.45, 2.75) is 4.90 Å². The monoisotopic (exact) mass is 218 g/mol. The zero-order chi connectivity index (χ0) is 10.8. The summed E-state index contributed by atoms with van der Waals surface area (Å²) in [5.74, 6) is 0. The maximum atomic E-state index is 4.45. The second kappa shape index (κ2) is 4.11. The number of nitrogens with zero attached hydrogens (tertiary/aromatic N) is 2. The molecule has 0 spiro atoms. The van der Waals surface area contributed by atoms with Crippen LogP contribution in [0.25, 0.3) is 10.9 Å². The summed E-state index contributed by atoms with van der Waals surface area (Å²) in [7, 11) is 4.14. The Labute approximate surface area is 94.3 Å². The van der Waals surface area contributed by atoms with Crippen LogP contribution in [0.15, 0.2) is 35.4 Å². The van der Waals surface area contributed by atoms with E-state index in [4.69, 9.17) is 0 Å². The van der Waals surface area contributed by atoms with Gasteiger partial charge < -0.3 is 4.90 Å². The Morgan fingerprint density at radius 1 is 1.20 bits per heavy atom. The van der Waals surface area contributed by atoms with Crippen molar-refractivity contribution in [3.05, 3.63) is 30.5 Å². The van der Waals surface area contributed by atoms with Gasteiger partial charge in [0.15, 0.2) is 0 Å². The van der Waals surface area contributed by atoms with Gasteiger partial charge in [0.25, 0.3) is 0 Å². The van der Waals surface area contributed by atoms with Crippen LogP contribution in [0.4, 0.5) is 5.69 Å². The smallest absolute Gasteiger partial charge is 0.0723 e. The molecule has 2 rings (SSSR count). The fourth-order valence-electron chi connectivity index (χ4n) is 1.72. The fraction of sp³-hybridized carbons (Fsp3) is 0.250. The van der Waals surface area contributed by atoms with Gasteiger partial charge in [-0.25, -0.2) is 0 Å². The molecule has 1 aromatic heterocycles. The molecule has 0 unspecified atom stereocenters. The van der Waals surface area contributed by atoms with Crippen LogP contribution in [-0.4, -0.2) is 25.3 Å². The van der Waals surface area contributed by atoms with Crippen molar-refractivity contribution >= 4 is 28.4 Å². The summed E-state index contributed by atoms with van der Waals surface area (Å²) >= 11 is 1.73. The van der Waals surface area contributed by atoms with Crippen molar-refractivity contribution in [3.8, 4) is 0 Å². The molecule has 2 nitrogen and oxygen atoms in total. The Balaban J connectivity index is 2.79. The van der Waals surface area contributed by atoms with Gasteiger partial charge in [-0.1, -0.05) is 18.2 Å². The number of thioether (sulfide) groups is 1. The van der Waals surface area contributed by atoms with Gasteiger partial charge in [-0.3, -0.25) is 4.98 Å². The second-order valence-corrected chi connectivity index (χ2v) is 4.43. The lowest BCUT2D eigenvalue weighted by atomic mass is 10.2. The van der Waals surface area contributed by atoms with Crippen molar-refractivity contribution in [1.82, 2.24) is 4.98 Å². The molecule has 1 aromatic carbocycles. The molecule has 0 bridgehead atoms. The molecule has 0 saturated heterocycles. The fourth-order valence-corrected chi connectivity index (χ4v) is 2.36. The third-order valence-electron chi connectivity index (χ3n) is 2.38. The van der Waals surface area contributed by atoms with E-state index in [1.54, 1.807) is 11.8 Å². The number of anilines is 1. The van der Waals surface area contributed by atoms with E-state index in [1.165, 1.54) is 16.0 Å². The molecular formula is C12H14N2S. The van der Waals surface area contributed by atoms with Gasteiger partial charge in [-0.15, -0.1) is 11.8 Å². The number of benzene rings is 1. The summed E-state index contributed by atoms with van der Waals surface area (Å²) in [6.45, 7) is 0. The van der Waals surface area contributed by atoms with Crippen LogP contribution in [0, 0.1) is 0 Å². The van der Waals surface area contributed by atoms with E-state index in [0.29, 0.717) is 0 Å². The highest BCUT2D eigenvalue weighted by Gasteiger charge is 2.08. The van der Waals surface area contributed by atoms with E-state index in [2.05, 4.69) is 42.4 Å². The Bertz CT molecular complexity index is 480. The van der Waals surface area contributed by atoms with E-state index in [1.807, 2.05) is 18.3 Å². The first-order chi connectivity index (χ1) is 7.24. The summed E-state index contributed by atoms with van der Waals surface area (Å²) < 4.78 is 0. The molecular weight excluding hydrogens is 204 g/mol. The Hall–Kier alpha value is -1.22. The van der Waals surface area contributed by atoms with Crippen LogP contribution in [-0.2, 0) is 0 Å². The van der Waals surface area contributed by atoms with E-state index in [0.717, 1.165) is 5.52 Å². The summed E-state index contributed by atoms with van der Waals surface area (Å²) in [6.07, 6.45) is 4.03. The summed E-state index contributed by atoms with van der Waals surface area (Å²) in [5.41, 5.74) is 2.31. The summed E-state index contributed by atoms with van der Waals surface area (Å²) in [6, 6.07) is 8.25. The standard InChI is InChI=1S/C12H14N2S/c1-14(2)12-9-6-4-5-7-10(9)13-8-11(12)15-3/h4-8H,1-3H3. The topological polar surface area (TPSA) is 16.1 Å². The van der Waals surface area contributed by atoms with Crippen molar-refractivity contribution in [1.29, 1.82) is 0 Å². The molecule has 3 heteroatoms. The first-order valence-electron chi connectivity index (χ1n) is 4.83. The molecule has 2 aromatic rings. The van der Waals surface area contributed by atoms with Crippen molar-refractivity contribution in [3.63, 3.8) is 0 Å². The Morgan fingerprint density at radius 2 is 1.93 bits per heavy atom. The molecule has 15 heavy (non-hydrogen) atoms. The van der Waals surface area contributed by atoms with Gasteiger partial charge in [-0.05, 0) is 12.3 Å². The highest BCUT2D eigenvalue weighted by molar-refractivity contribution is 7.98. The first kappa shape index (κ1) is 10.3. The van der Waals surface area contributed by atoms with Crippen LogP contribution in [0.2, 0.25) is 0 Å². The predicted octanol–water partition coefficient (Wildman–Crippen LogP) is 3.02. The number of rotatable bonds is 2. The molecule has 0 saturated carbocycles. The first-order valence-corrected chi connectivity index (χ1v) is 6.05. The number of hydrogen-bond acceptors (Lipinski definition) is 3. The molecule has 78 valence electrons. The number of fused-ring (bicyclic) bond motifs is 1. The SMILES string of the molecule is CSc1cnc2ccccc2c1N(C)C. The zero-order valence-corrected chi connectivity index (χ0v) is 10.0. The highest BCUT2D eigenvalue weighted by atomic mass is 32.2. The van der Waals surface area contributed by atoms with Gasteiger partial charge in [0.05, 0.1) is 11.2 Å². The third-order valence-corrected chi connectivity index (χ3v) is 3.12. The summed E-state index contributed by atoms with van der Waals surface area (Å²) in [4.78, 5) is 7.82. The largest absolute Gasteiger partial charge is 0.376 e. The number of para-hydroxylation sites is 1. The van der Waals surface area contributed by atoms with Gasteiger partial charge >= 0.3 is 0 Å². The maximum absolute atomic E-state index is 4.45. The van der Waals surface area contributed by atoms with E-state index in [-0.39, 0.29) is 0 Å². The van der Waals surface area contributed by atoms with E-state index in [9.17, 15) is 0 Å². The number of aromatic nitrogens is 1. The van der Waals surface area contributed by atoms with Gasteiger partial charge in [0.1, 0.15) is 0 Å². The van der Waals surface area contributed by atoms with E-state index < -0.39 is 0 Å². The molecule has 0 aliphatic carbocycles. The lowest BCUT2D eigenvalue weighted by molar-refractivity contribution is 1.10. The van der Waals surface area contributed by atoms with Crippen molar-refractivity contribution in [2.24, 2.45) is 0 Å². The minimum Gasteiger partial charge on any atom is -0.376 e. The Kier molecular flexibility index (Phi) is 2.82. The lowest BCUT2D eigenvalue weighted by Gasteiger charge is -2.18. The van der Waals surface area contributed by atoms with Crippen LogP contribution >= 0.6 is 11.8 Å². The number of hydrogen-bond donors (Lipinski definition) is 0. The average Bonchev–Trinajstić information content (AvgIpc) is 2.27. The summed E-state index contributed by atoms with van der Waals surface area (Å²) in [5, 5.41) is 1.22. The minimum absolute atomic E-state index is 1.05. The van der Waals surface area contributed by atoms with Crippen LogP contribution in [0.3, 0.4) is 0 Å². The zero-order valence-electron chi connectivity index (χ0n) is 9.19. The predicted molar refractivity (Wildman–Crippen MR) is 67.9 cm³/mol. The van der Waals surface area contributed by atoms with Gasteiger partial charge in [-0.2, -0.15) is 0 Å². The minimum atomic E-state index is 1.05. The van der Waals surface area contributed by atoms with Gasteiger partial charge in [0, 0.05) is 30.6 Å². The molecule has 0 aliphatic heterocycles.